The van der Waals surface area contributed by atoms with Gasteiger partial charge in [0.25, 0.3) is 0 Å². The van der Waals surface area contributed by atoms with Crippen LogP contribution in [-0.2, 0) is 6.42 Å². The van der Waals surface area contributed by atoms with Crippen molar-refractivity contribution in [3.8, 4) is 0 Å². The van der Waals surface area contributed by atoms with Crippen LogP contribution in [0.25, 0.3) is 0 Å². The molecule has 0 fully saturated rings. The SMILES string of the molecule is CC(Cc1ccco1)NC(C)c1ccco1. The van der Waals surface area contributed by atoms with Crippen molar-refractivity contribution in [1.29, 1.82) is 0 Å². The van der Waals surface area contributed by atoms with Gasteiger partial charge in [0.2, 0.25) is 0 Å². The standard InChI is InChI=1S/C13H17NO2/c1-10(9-12-5-3-7-15-12)14-11(2)13-6-4-8-16-13/h3-8,10-11,14H,9H2,1-2H3. The first-order valence-electron chi connectivity index (χ1n) is 5.57. The van der Waals surface area contributed by atoms with Crippen molar-refractivity contribution in [3.63, 3.8) is 0 Å². The molecule has 2 aromatic rings. The van der Waals surface area contributed by atoms with Gasteiger partial charge in [-0.25, -0.2) is 0 Å². The Bertz CT molecular complexity index is 392. The van der Waals surface area contributed by atoms with Gasteiger partial charge in [-0.05, 0) is 38.1 Å². The lowest BCUT2D eigenvalue weighted by molar-refractivity contribution is 0.382. The number of furan rings is 2. The fourth-order valence-electron chi connectivity index (χ4n) is 1.84. The summed E-state index contributed by atoms with van der Waals surface area (Å²) in [6.07, 6.45) is 4.29. The topological polar surface area (TPSA) is 38.3 Å². The van der Waals surface area contributed by atoms with Gasteiger partial charge in [-0.1, -0.05) is 0 Å². The van der Waals surface area contributed by atoms with Gasteiger partial charge in [-0.3, -0.25) is 0 Å². The molecular weight excluding hydrogens is 202 g/mol. The highest BCUT2D eigenvalue weighted by Crippen LogP contribution is 2.14. The largest absolute Gasteiger partial charge is 0.469 e. The van der Waals surface area contributed by atoms with E-state index in [0.29, 0.717) is 6.04 Å². The molecule has 3 heteroatoms. The molecule has 0 aliphatic heterocycles. The first-order valence-corrected chi connectivity index (χ1v) is 5.57. The zero-order valence-corrected chi connectivity index (χ0v) is 9.64. The summed E-state index contributed by atoms with van der Waals surface area (Å²) in [4.78, 5) is 0. The molecule has 16 heavy (non-hydrogen) atoms. The highest BCUT2D eigenvalue weighted by Gasteiger charge is 2.12. The van der Waals surface area contributed by atoms with Gasteiger partial charge < -0.3 is 14.2 Å². The molecule has 2 aromatic heterocycles. The Kier molecular flexibility index (Phi) is 3.47. The molecule has 0 spiro atoms. The van der Waals surface area contributed by atoms with Crippen LogP contribution in [0.15, 0.2) is 45.6 Å². The molecule has 0 aliphatic rings. The number of hydrogen-bond acceptors (Lipinski definition) is 3. The Labute approximate surface area is 95.5 Å². The average Bonchev–Trinajstić information content (AvgIpc) is 2.88. The molecule has 0 saturated carbocycles. The van der Waals surface area contributed by atoms with Crippen LogP contribution in [0.5, 0.6) is 0 Å². The van der Waals surface area contributed by atoms with Crippen LogP contribution in [0.2, 0.25) is 0 Å². The van der Waals surface area contributed by atoms with E-state index in [-0.39, 0.29) is 6.04 Å². The number of rotatable bonds is 5. The molecule has 3 nitrogen and oxygen atoms in total. The van der Waals surface area contributed by atoms with E-state index in [4.69, 9.17) is 8.83 Å². The maximum Gasteiger partial charge on any atom is 0.120 e. The molecule has 0 saturated heterocycles. The maximum absolute atomic E-state index is 5.35. The van der Waals surface area contributed by atoms with E-state index in [1.54, 1.807) is 12.5 Å². The molecule has 0 radical (unpaired) electrons. The van der Waals surface area contributed by atoms with Crippen LogP contribution < -0.4 is 5.32 Å². The van der Waals surface area contributed by atoms with Crippen molar-refractivity contribution >= 4 is 0 Å². The maximum atomic E-state index is 5.35. The molecule has 86 valence electrons. The van der Waals surface area contributed by atoms with Gasteiger partial charge in [0, 0.05) is 12.5 Å². The van der Waals surface area contributed by atoms with E-state index in [9.17, 15) is 0 Å². The van der Waals surface area contributed by atoms with Crippen LogP contribution in [0.3, 0.4) is 0 Å². The molecule has 2 unspecified atom stereocenters. The van der Waals surface area contributed by atoms with Crippen LogP contribution in [0.1, 0.15) is 31.4 Å². The third-order valence-electron chi connectivity index (χ3n) is 2.59. The lowest BCUT2D eigenvalue weighted by Crippen LogP contribution is -2.30. The van der Waals surface area contributed by atoms with Gasteiger partial charge >= 0.3 is 0 Å². The third-order valence-corrected chi connectivity index (χ3v) is 2.59. The van der Waals surface area contributed by atoms with Crippen LogP contribution >= 0.6 is 0 Å². The molecule has 2 atom stereocenters. The smallest absolute Gasteiger partial charge is 0.120 e. The minimum absolute atomic E-state index is 0.222. The van der Waals surface area contributed by atoms with Gasteiger partial charge in [0.05, 0.1) is 18.6 Å². The summed E-state index contributed by atoms with van der Waals surface area (Å²) >= 11 is 0. The van der Waals surface area contributed by atoms with Gasteiger partial charge in [-0.15, -0.1) is 0 Å². The fraction of sp³-hybridized carbons (Fsp3) is 0.385. The predicted octanol–water partition coefficient (Wildman–Crippen LogP) is 3.15. The highest BCUT2D eigenvalue weighted by atomic mass is 16.3. The van der Waals surface area contributed by atoms with Crippen LogP contribution in [0, 0.1) is 0 Å². The van der Waals surface area contributed by atoms with E-state index >= 15 is 0 Å². The molecule has 0 amide bonds. The predicted molar refractivity (Wildman–Crippen MR) is 62.1 cm³/mol. The molecule has 2 heterocycles. The molecule has 0 aliphatic carbocycles. The normalized spacial score (nSPS) is 14.9. The van der Waals surface area contributed by atoms with Gasteiger partial charge in [-0.2, -0.15) is 0 Å². The summed E-state index contributed by atoms with van der Waals surface area (Å²) in [6, 6.07) is 8.38. The van der Waals surface area contributed by atoms with Crippen molar-refractivity contribution < 1.29 is 8.83 Å². The minimum Gasteiger partial charge on any atom is -0.469 e. The molecule has 0 bridgehead atoms. The summed E-state index contributed by atoms with van der Waals surface area (Å²) in [7, 11) is 0. The van der Waals surface area contributed by atoms with Crippen LogP contribution in [-0.4, -0.2) is 6.04 Å². The Balaban J connectivity index is 1.85. The summed E-state index contributed by atoms with van der Waals surface area (Å²) in [5, 5.41) is 3.47. The number of nitrogens with one attached hydrogen (secondary N) is 1. The summed E-state index contributed by atoms with van der Waals surface area (Å²) in [6.45, 7) is 4.24. The molecule has 2 rings (SSSR count). The van der Waals surface area contributed by atoms with Gasteiger partial charge in [0.1, 0.15) is 11.5 Å². The summed E-state index contributed by atoms with van der Waals surface area (Å²) in [5.41, 5.74) is 0. The minimum atomic E-state index is 0.222. The van der Waals surface area contributed by atoms with Gasteiger partial charge in [0.15, 0.2) is 0 Å². The second-order valence-electron chi connectivity index (χ2n) is 4.09. The van der Waals surface area contributed by atoms with Crippen molar-refractivity contribution in [2.75, 3.05) is 0 Å². The van der Waals surface area contributed by atoms with E-state index in [2.05, 4.69) is 19.2 Å². The first kappa shape index (κ1) is 11.0. The van der Waals surface area contributed by atoms with Crippen molar-refractivity contribution in [2.24, 2.45) is 0 Å². The van der Waals surface area contributed by atoms with E-state index in [1.165, 1.54) is 0 Å². The summed E-state index contributed by atoms with van der Waals surface area (Å²) in [5.74, 6) is 1.97. The first-order chi connectivity index (χ1) is 7.75. The molecular formula is C13H17NO2. The second-order valence-corrected chi connectivity index (χ2v) is 4.09. The van der Waals surface area contributed by atoms with Crippen molar-refractivity contribution in [3.05, 3.63) is 48.3 Å². The monoisotopic (exact) mass is 219 g/mol. The lowest BCUT2D eigenvalue weighted by Gasteiger charge is -2.17. The molecule has 0 aromatic carbocycles. The Morgan fingerprint density at radius 1 is 1.12 bits per heavy atom. The van der Waals surface area contributed by atoms with E-state index < -0.39 is 0 Å². The van der Waals surface area contributed by atoms with Crippen molar-refractivity contribution in [1.82, 2.24) is 5.32 Å². The van der Waals surface area contributed by atoms with E-state index in [0.717, 1.165) is 17.9 Å². The third kappa shape index (κ3) is 2.76. The quantitative estimate of drug-likeness (QED) is 0.839. The lowest BCUT2D eigenvalue weighted by atomic mass is 10.1. The summed E-state index contributed by atoms with van der Waals surface area (Å²) < 4.78 is 10.7. The van der Waals surface area contributed by atoms with Crippen molar-refractivity contribution in [2.45, 2.75) is 32.4 Å². The second kappa shape index (κ2) is 5.03. The molecule has 1 N–H and O–H groups in total. The fourth-order valence-corrected chi connectivity index (χ4v) is 1.84. The number of hydrogen-bond donors (Lipinski definition) is 1. The average molecular weight is 219 g/mol. The highest BCUT2D eigenvalue weighted by molar-refractivity contribution is 5.04. The Morgan fingerprint density at radius 2 is 1.88 bits per heavy atom. The van der Waals surface area contributed by atoms with E-state index in [1.807, 2.05) is 24.3 Å². The van der Waals surface area contributed by atoms with Crippen LogP contribution in [0.4, 0.5) is 0 Å². The zero-order chi connectivity index (χ0) is 11.4. The zero-order valence-electron chi connectivity index (χ0n) is 9.64. The Hall–Kier alpha value is -1.48. The Morgan fingerprint density at radius 3 is 2.50 bits per heavy atom.